The standard InChI is InChI=1S/C22H19ClN2O6/c1-2-3-10-31-22(30)14-7-5-9-16(12-14)25-19(26)17(23)18(20(25)27)24-15-8-4-6-13(11-15)21(28)29/h4-9,11-12,24H,2-3,10H2,1H3,(H,28,29). The molecule has 9 heteroatoms. The zero-order valence-electron chi connectivity index (χ0n) is 16.6. The quantitative estimate of drug-likeness (QED) is 0.363. The van der Waals surface area contributed by atoms with Gasteiger partial charge in [0.2, 0.25) is 0 Å². The van der Waals surface area contributed by atoms with Gasteiger partial charge in [-0.3, -0.25) is 9.59 Å². The second-order valence-electron chi connectivity index (χ2n) is 6.69. The van der Waals surface area contributed by atoms with Crippen LogP contribution in [0.25, 0.3) is 0 Å². The number of unbranched alkanes of at least 4 members (excludes halogenated alkanes) is 1. The lowest BCUT2D eigenvalue weighted by Gasteiger charge is -2.16. The van der Waals surface area contributed by atoms with Crippen LogP contribution in [0, 0.1) is 0 Å². The fraction of sp³-hybridized carbons (Fsp3) is 0.182. The Balaban J connectivity index is 1.83. The van der Waals surface area contributed by atoms with Crippen molar-refractivity contribution in [1.29, 1.82) is 0 Å². The summed E-state index contributed by atoms with van der Waals surface area (Å²) in [4.78, 5) is 49.7. The lowest BCUT2D eigenvalue weighted by atomic mass is 10.2. The normalized spacial score (nSPS) is 13.5. The van der Waals surface area contributed by atoms with Crippen molar-refractivity contribution in [3.05, 3.63) is 70.4 Å². The van der Waals surface area contributed by atoms with Gasteiger partial charge in [-0.1, -0.05) is 37.1 Å². The molecule has 0 aromatic heterocycles. The minimum absolute atomic E-state index is 0.00429. The minimum atomic E-state index is -1.14. The van der Waals surface area contributed by atoms with Gasteiger partial charge in [0.25, 0.3) is 11.8 Å². The second kappa shape index (κ2) is 9.44. The number of nitrogens with zero attached hydrogens (tertiary/aromatic N) is 1. The topological polar surface area (TPSA) is 113 Å². The van der Waals surface area contributed by atoms with Gasteiger partial charge >= 0.3 is 11.9 Å². The maximum Gasteiger partial charge on any atom is 0.338 e. The van der Waals surface area contributed by atoms with Crippen LogP contribution in [0.15, 0.2) is 59.3 Å². The van der Waals surface area contributed by atoms with E-state index in [1.807, 2.05) is 6.92 Å². The molecule has 0 bridgehead atoms. The number of aromatic carboxylic acids is 1. The second-order valence-corrected chi connectivity index (χ2v) is 7.06. The predicted octanol–water partition coefficient (Wildman–Crippen LogP) is 3.78. The third-order valence-corrected chi connectivity index (χ3v) is 4.83. The van der Waals surface area contributed by atoms with Gasteiger partial charge in [-0.05, 0) is 42.8 Å². The Morgan fingerprint density at radius 3 is 2.48 bits per heavy atom. The van der Waals surface area contributed by atoms with Gasteiger partial charge < -0.3 is 15.2 Å². The molecular formula is C22H19ClN2O6. The number of rotatable bonds is 8. The van der Waals surface area contributed by atoms with Crippen molar-refractivity contribution in [1.82, 2.24) is 0 Å². The summed E-state index contributed by atoms with van der Waals surface area (Å²) in [7, 11) is 0. The zero-order chi connectivity index (χ0) is 22.5. The largest absolute Gasteiger partial charge is 0.478 e. The molecule has 3 rings (SSSR count). The van der Waals surface area contributed by atoms with E-state index in [9.17, 15) is 19.2 Å². The van der Waals surface area contributed by atoms with Crippen LogP contribution in [0.2, 0.25) is 0 Å². The number of nitrogens with one attached hydrogen (secondary N) is 1. The van der Waals surface area contributed by atoms with Crippen molar-refractivity contribution < 1.29 is 29.0 Å². The molecule has 2 N–H and O–H groups in total. The van der Waals surface area contributed by atoms with Crippen molar-refractivity contribution >= 4 is 46.7 Å². The summed E-state index contributed by atoms with van der Waals surface area (Å²) in [6.07, 6.45) is 1.60. The molecule has 0 fully saturated rings. The number of carboxylic acids is 1. The number of ether oxygens (including phenoxy) is 1. The van der Waals surface area contributed by atoms with Crippen LogP contribution in [0.5, 0.6) is 0 Å². The van der Waals surface area contributed by atoms with Gasteiger partial charge in [-0.2, -0.15) is 0 Å². The summed E-state index contributed by atoms with van der Waals surface area (Å²) in [5.74, 6) is -3.19. The van der Waals surface area contributed by atoms with Crippen molar-refractivity contribution in [2.45, 2.75) is 19.8 Å². The van der Waals surface area contributed by atoms with Crippen molar-refractivity contribution in [3.63, 3.8) is 0 Å². The van der Waals surface area contributed by atoms with E-state index in [0.29, 0.717) is 0 Å². The van der Waals surface area contributed by atoms with Gasteiger partial charge in [-0.15, -0.1) is 0 Å². The Kier molecular flexibility index (Phi) is 6.71. The van der Waals surface area contributed by atoms with Gasteiger partial charge in [0.15, 0.2) is 0 Å². The summed E-state index contributed by atoms with van der Waals surface area (Å²) in [5.41, 5.74) is 0.453. The van der Waals surface area contributed by atoms with E-state index < -0.39 is 23.8 Å². The number of hydrogen-bond acceptors (Lipinski definition) is 6. The third kappa shape index (κ3) is 4.75. The highest BCUT2D eigenvalue weighted by molar-refractivity contribution is 6.53. The molecule has 160 valence electrons. The lowest BCUT2D eigenvalue weighted by Crippen LogP contribution is -2.32. The number of carbonyl (C=O) groups is 4. The Morgan fingerprint density at radius 2 is 1.77 bits per heavy atom. The average molecular weight is 443 g/mol. The van der Waals surface area contributed by atoms with Crippen molar-refractivity contribution in [2.75, 3.05) is 16.8 Å². The van der Waals surface area contributed by atoms with Crippen molar-refractivity contribution in [3.8, 4) is 0 Å². The Hall–Kier alpha value is -3.65. The van der Waals surface area contributed by atoms with Gasteiger partial charge in [0.05, 0.1) is 23.4 Å². The van der Waals surface area contributed by atoms with E-state index >= 15 is 0 Å². The number of amides is 2. The smallest absolute Gasteiger partial charge is 0.338 e. The number of imide groups is 1. The summed E-state index contributed by atoms with van der Waals surface area (Å²) in [6, 6.07) is 11.7. The summed E-state index contributed by atoms with van der Waals surface area (Å²) < 4.78 is 5.17. The molecule has 0 unspecified atom stereocenters. The molecule has 31 heavy (non-hydrogen) atoms. The van der Waals surface area contributed by atoms with E-state index in [0.717, 1.165) is 17.7 Å². The fourth-order valence-electron chi connectivity index (χ4n) is 2.88. The number of benzene rings is 2. The summed E-state index contributed by atoms with van der Waals surface area (Å²) in [5, 5.41) is 11.5. The summed E-state index contributed by atoms with van der Waals surface area (Å²) >= 11 is 6.10. The molecule has 8 nitrogen and oxygen atoms in total. The maximum absolute atomic E-state index is 12.9. The minimum Gasteiger partial charge on any atom is -0.478 e. The molecule has 2 aromatic carbocycles. The highest BCUT2D eigenvalue weighted by Gasteiger charge is 2.39. The first kappa shape index (κ1) is 22.0. The molecular weight excluding hydrogens is 424 g/mol. The Morgan fingerprint density at radius 1 is 1.06 bits per heavy atom. The summed E-state index contributed by atoms with van der Waals surface area (Å²) in [6.45, 7) is 2.25. The van der Waals surface area contributed by atoms with Crippen LogP contribution in [0.4, 0.5) is 11.4 Å². The number of halogens is 1. The van der Waals surface area contributed by atoms with Crippen LogP contribution < -0.4 is 10.2 Å². The molecule has 0 radical (unpaired) electrons. The highest BCUT2D eigenvalue weighted by atomic mass is 35.5. The van der Waals surface area contributed by atoms with Crippen LogP contribution in [-0.2, 0) is 14.3 Å². The maximum atomic E-state index is 12.9. The van der Waals surface area contributed by atoms with Gasteiger partial charge in [0.1, 0.15) is 10.7 Å². The van der Waals surface area contributed by atoms with E-state index in [1.54, 1.807) is 0 Å². The molecule has 0 atom stereocenters. The molecule has 0 saturated carbocycles. The molecule has 0 spiro atoms. The molecule has 1 heterocycles. The zero-order valence-corrected chi connectivity index (χ0v) is 17.3. The number of anilines is 2. The number of carboxylic acid groups (broad SMARTS) is 1. The molecule has 0 aliphatic carbocycles. The molecule has 2 aromatic rings. The fourth-order valence-corrected chi connectivity index (χ4v) is 3.10. The third-order valence-electron chi connectivity index (χ3n) is 4.48. The number of carbonyl (C=O) groups excluding carboxylic acids is 3. The Bertz CT molecular complexity index is 1090. The lowest BCUT2D eigenvalue weighted by molar-refractivity contribution is -0.120. The monoisotopic (exact) mass is 442 g/mol. The molecule has 0 saturated heterocycles. The van der Waals surface area contributed by atoms with Crippen LogP contribution >= 0.6 is 11.6 Å². The first-order valence-electron chi connectivity index (χ1n) is 9.49. The van der Waals surface area contributed by atoms with E-state index in [1.165, 1.54) is 48.5 Å². The van der Waals surface area contributed by atoms with Gasteiger partial charge in [0, 0.05) is 5.69 Å². The average Bonchev–Trinajstić information content (AvgIpc) is 2.97. The van der Waals surface area contributed by atoms with E-state index in [2.05, 4.69) is 5.32 Å². The van der Waals surface area contributed by atoms with Crippen LogP contribution in [0.1, 0.15) is 40.5 Å². The number of hydrogen-bond donors (Lipinski definition) is 2. The highest BCUT2D eigenvalue weighted by Crippen LogP contribution is 2.30. The van der Waals surface area contributed by atoms with Crippen LogP contribution in [-0.4, -0.2) is 35.5 Å². The first-order chi connectivity index (χ1) is 14.8. The van der Waals surface area contributed by atoms with E-state index in [4.69, 9.17) is 21.4 Å². The van der Waals surface area contributed by atoms with Crippen molar-refractivity contribution in [2.24, 2.45) is 0 Å². The van der Waals surface area contributed by atoms with E-state index in [-0.39, 0.29) is 39.8 Å². The first-order valence-corrected chi connectivity index (χ1v) is 9.87. The molecule has 2 amide bonds. The predicted molar refractivity (Wildman–Crippen MR) is 114 cm³/mol. The number of esters is 1. The van der Waals surface area contributed by atoms with Gasteiger partial charge in [-0.25, -0.2) is 14.5 Å². The molecule has 1 aliphatic heterocycles. The van der Waals surface area contributed by atoms with Crippen LogP contribution in [0.3, 0.4) is 0 Å². The SMILES string of the molecule is CCCCOC(=O)c1cccc(N2C(=O)C(Cl)=C(Nc3cccc(C(=O)O)c3)C2=O)c1. The molecule has 1 aliphatic rings. The Labute approximate surface area is 183 Å².